The maximum atomic E-state index is 13.1. The van der Waals surface area contributed by atoms with Crippen molar-refractivity contribution >= 4 is 17.4 Å². The van der Waals surface area contributed by atoms with Gasteiger partial charge in [-0.25, -0.2) is 0 Å². The third-order valence-corrected chi connectivity index (χ3v) is 5.37. The summed E-state index contributed by atoms with van der Waals surface area (Å²) in [7, 11) is 0. The van der Waals surface area contributed by atoms with Gasteiger partial charge in [0.25, 0.3) is 11.7 Å². The number of carbonyl (C=O) groups is 2. The molecule has 1 atom stereocenters. The van der Waals surface area contributed by atoms with Crippen LogP contribution >= 0.6 is 0 Å². The number of aromatic nitrogens is 1. The van der Waals surface area contributed by atoms with Gasteiger partial charge < -0.3 is 19.5 Å². The number of ether oxygens (including phenoxy) is 2. The van der Waals surface area contributed by atoms with Crippen LogP contribution in [0.25, 0.3) is 5.76 Å². The molecule has 1 aliphatic rings. The van der Waals surface area contributed by atoms with Crippen LogP contribution in [0, 0.1) is 12.8 Å². The lowest BCUT2D eigenvalue weighted by molar-refractivity contribution is -0.140. The Hall–Kier alpha value is -3.19. The van der Waals surface area contributed by atoms with Gasteiger partial charge in [-0.3, -0.25) is 14.6 Å². The number of aliphatic hydroxyl groups is 1. The molecule has 33 heavy (non-hydrogen) atoms. The standard InChI is InChI=1S/C26H32N2O5/c1-16(2)15-33-21-7-6-20(14-18(21)5)24(29)22-23(19-8-10-27-11-9-19)28(26(31)25(22)30)12-13-32-17(3)4/h6-11,14,16-17,23,29H,12-13,15H2,1-5H3/b24-22-. The average Bonchev–Trinajstić information content (AvgIpc) is 3.03. The number of Topliss-reactive ketones (excluding diaryl/α,β-unsaturated/α-hetero) is 1. The topological polar surface area (TPSA) is 89.0 Å². The van der Waals surface area contributed by atoms with Gasteiger partial charge in [-0.2, -0.15) is 0 Å². The maximum Gasteiger partial charge on any atom is 0.295 e. The Morgan fingerprint density at radius 1 is 1.12 bits per heavy atom. The molecule has 1 aromatic carbocycles. The summed E-state index contributed by atoms with van der Waals surface area (Å²) in [6, 6.07) is 8.02. The molecule has 7 nitrogen and oxygen atoms in total. The van der Waals surface area contributed by atoms with Gasteiger partial charge in [0, 0.05) is 24.5 Å². The van der Waals surface area contributed by atoms with E-state index in [0.29, 0.717) is 23.7 Å². The Morgan fingerprint density at radius 3 is 2.42 bits per heavy atom. The minimum absolute atomic E-state index is 0.000557. The molecule has 1 saturated heterocycles. The number of aryl methyl sites for hydroxylation is 1. The van der Waals surface area contributed by atoms with Crippen molar-refractivity contribution in [3.63, 3.8) is 0 Å². The Labute approximate surface area is 195 Å². The first-order valence-electron chi connectivity index (χ1n) is 11.2. The van der Waals surface area contributed by atoms with Gasteiger partial charge in [-0.15, -0.1) is 0 Å². The van der Waals surface area contributed by atoms with Crippen LogP contribution in [0.3, 0.4) is 0 Å². The first-order chi connectivity index (χ1) is 15.7. The van der Waals surface area contributed by atoms with Crippen LogP contribution in [-0.2, 0) is 14.3 Å². The summed E-state index contributed by atoms with van der Waals surface area (Å²) in [5.74, 6) is -0.470. The van der Waals surface area contributed by atoms with Crippen molar-refractivity contribution in [2.75, 3.05) is 19.8 Å². The summed E-state index contributed by atoms with van der Waals surface area (Å²) in [5, 5.41) is 11.2. The van der Waals surface area contributed by atoms with Crippen LogP contribution < -0.4 is 4.74 Å². The molecule has 1 N–H and O–H groups in total. The van der Waals surface area contributed by atoms with Gasteiger partial charge in [0.1, 0.15) is 11.5 Å². The first kappa shape index (κ1) is 24.5. The van der Waals surface area contributed by atoms with Crippen molar-refractivity contribution in [1.82, 2.24) is 9.88 Å². The number of rotatable bonds is 9. The van der Waals surface area contributed by atoms with Gasteiger partial charge in [-0.1, -0.05) is 13.8 Å². The van der Waals surface area contributed by atoms with E-state index < -0.39 is 17.7 Å². The van der Waals surface area contributed by atoms with E-state index in [9.17, 15) is 14.7 Å². The number of hydrogen-bond acceptors (Lipinski definition) is 6. The van der Waals surface area contributed by atoms with Crippen LogP contribution in [0.5, 0.6) is 5.75 Å². The first-order valence-corrected chi connectivity index (χ1v) is 11.2. The summed E-state index contributed by atoms with van der Waals surface area (Å²) in [5.41, 5.74) is 2.05. The molecule has 1 aromatic heterocycles. The van der Waals surface area contributed by atoms with E-state index in [-0.39, 0.29) is 30.6 Å². The molecular formula is C26H32N2O5. The van der Waals surface area contributed by atoms with E-state index in [1.165, 1.54) is 4.90 Å². The molecule has 1 unspecified atom stereocenters. The lowest BCUT2D eigenvalue weighted by Crippen LogP contribution is -2.33. The lowest BCUT2D eigenvalue weighted by atomic mass is 9.95. The number of ketones is 1. The highest BCUT2D eigenvalue weighted by Crippen LogP contribution is 2.39. The van der Waals surface area contributed by atoms with E-state index in [1.54, 1.807) is 42.7 Å². The second-order valence-electron chi connectivity index (χ2n) is 8.88. The van der Waals surface area contributed by atoms with Gasteiger partial charge in [0.05, 0.1) is 30.9 Å². The quantitative estimate of drug-likeness (QED) is 0.347. The van der Waals surface area contributed by atoms with Crippen LogP contribution in [0.2, 0.25) is 0 Å². The summed E-state index contributed by atoms with van der Waals surface area (Å²) in [6.07, 6.45) is 3.21. The predicted molar refractivity (Wildman–Crippen MR) is 126 cm³/mol. The van der Waals surface area contributed by atoms with E-state index in [0.717, 1.165) is 11.3 Å². The molecule has 1 fully saturated rings. The minimum Gasteiger partial charge on any atom is -0.507 e. The largest absolute Gasteiger partial charge is 0.507 e. The second-order valence-corrected chi connectivity index (χ2v) is 8.88. The third kappa shape index (κ3) is 5.60. The smallest absolute Gasteiger partial charge is 0.295 e. The van der Waals surface area contributed by atoms with Crippen LogP contribution in [0.4, 0.5) is 0 Å². The number of likely N-dealkylation sites (tertiary alicyclic amines) is 1. The molecule has 0 aliphatic carbocycles. The van der Waals surface area contributed by atoms with E-state index >= 15 is 0 Å². The van der Waals surface area contributed by atoms with Crippen molar-refractivity contribution in [3.8, 4) is 5.75 Å². The second kappa shape index (κ2) is 10.6. The third-order valence-electron chi connectivity index (χ3n) is 5.37. The van der Waals surface area contributed by atoms with Gasteiger partial charge in [-0.05, 0) is 68.1 Å². The molecule has 2 aromatic rings. The van der Waals surface area contributed by atoms with E-state index in [2.05, 4.69) is 18.8 Å². The van der Waals surface area contributed by atoms with Gasteiger partial charge in [0.2, 0.25) is 0 Å². The lowest BCUT2D eigenvalue weighted by Gasteiger charge is -2.25. The van der Waals surface area contributed by atoms with Crippen LogP contribution in [0.15, 0.2) is 48.3 Å². The van der Waals surface area contributed by atoms with Crippen molar-refractivity contribution in [2.24, 2.45) is 5.92 Å². The fraction of sp³-hybridized carbons (Fsp3) is 0.423. The molecule has 176 valence electrons. The summed E-state index contributed by atoms with van der Waals surface area (Å²) in [4.78, 5) is 31.5. The highest BCUT2D eigenvalue weighted by atomic mass is 16.5. The van der Waals surface area contributed by atoms with Crippen molar-refractivity contribution < 1.29 is 24.2 Å². The maximum absolute atomic E-state index is 13.1. The van der Waals surface area contributed by atoms with Crippen LogP contribution in [0.1, 0.15) is 50.4 Å². The zero-order valence-corrected chi connectivity index (χ0v) is 19.9. The SMILES string of the molecule is Cc1cc(/C(O)=C2/C(=O)C(=O)N(CCOC(C)C)C2c2ccncc2)ccc1OCC(C)C. The van der Waals surface area contributed by atoms with Crippen molar-refractivity contribution in [1.29, 1.82) is 0 Å². The Bertz CT molecular complexity index is 1030. The molecular weight excluding hydrogens is 420 g/mol. The molecule has 0 radical (unpaired) electrons. The predicted octanol–water partition coefficient (Wildman–Crippen LogP) is 4.27. The number of hydrogen-bond donors (Lipinski definition) is 1. The summed E-state index contributed by atoms with van der Waals surface area (Å²) in [6.45, 7) is 10.9. The van der Waals surface area contributed by atoms with Crippen molar-refractivity contribution in [2.45, 2.75) is 46.8 Å². The molecule has 0 saturated carbocycles. The molecule has 7 heteroatoms. The monoisotopic (exact) mass is 452 g/mol. The Morgan fingerprint density at radius 2 is 1.82 bits per heavy atom. The number of amides is 1. The van der Waals surface area contributed by atoms with Gasteiger partial charge >= 0.3 is 0 Å². The van der Waals surface area contributed by atoms with Crippen LogP contribution in [-0.4, -0.2) is 52.5 Å². The molecule has 2 heterocycles. The number of nitrogens with zero attached hydrogens (tertiary/aromatic N) is 2. The zero-order valence-electron chi connectivity index (χ0n) is 19.9. The molecule has 1 aliphatic heterocycles. The average molecular weight is 453 g/mol. The number of pyridine rings is 1. The number of carbonyl (C=O) groups excluding carboxylic acids is 2. The summed E-state index contributed by atoms with van der Waals surface area (Å²) >= 11 is 0. The Kier molecular flexibility index (Phi) is 7.87. The normalized spacial score (nSPS) is 17.9. The fourth-order valence-corrected chi connectivity index (χ4v) is 3.76. The zero-order chi connectivity index (χ0) is 24.1. The van der Waals surface area contributed by atoms with E-state index in [4.69, 9.17) is 9.47 Å². The molecule has 1 amide bonds. The highest BCUT2D eigenvalue weighted by molar-refractivity contribution is 6.46. The highest BCUT2D eigenvalue weighted by Gasteiger charge is 2.45. The molecule has 0 spiro atoms. The molecule has 3 rings (SSSR count). The van der Waals surface area contributed by atoms with Gasteiger partial charge in [0.15, 0.2) is 0 Å². The van der Waals surface area contributed by atoms with Crippen molar-refractivity contribution in [3.05, 3.63) is 65.0 Å². The minimum atomic E-state index is -0.721. The van der Waals surface area contributed by atoms with E-state index in [1.807, 2.05) is 20.8 Å². The number of benzene rings is 1. The number of aliphatic hydroxyl groups excluding tert-OH is 1. The fourth-order valence-electron chi connectivity index (χ4n) is 3.76. The summed E-state index contributed by atoms with van der Waals surface area (Å²) < 4.78 is 11.4. The Balaban J connectivity index is 2.01. The molecule has 0 bridgehead atoms.